The van der Waals surface area contributed by atoms with Crippen LogP contribution in [0.2, 0.25) is 5.02 Å². The molecule has 2 N–H and O–H groups in total. The third kappa shape index (κ3) is 3.30. The topological polar surface area (TPSA) is 29.3 Å². The van der Waals surface area contributed by atoms with Crippen molar-refractivity contribution in [3.63, 3.8) is 0 Å². The minimum absolute atomic E-state index is 0.231. The van der Waals surface area contributed by atoms with Gasteiger partial charge in [0.15, 0.2) is 0 Å². The Hall–Kier alpha value is -1.58. The van der Waals surface area contributed by atoms with Gasteiger partial charge in [0.05, 0.1) is 5.69 Å². The summed E-state index contributed by atoms with van der Waals surface area (Å²) >= 11 is 6.16. The van der Waals surface area contributed by atoms with Crippen LogP contribution in [0.15, 0.2) is 42.5 Å². The Morgan fingerprint density at radius 2 is 1.80 bits per heavy atom. The zero-order valence-corrected chi connectivity index (χ0v) is 12.2. The predicted octanol–water partition coefficient (Wildman–Crippen LogP) is 3.62. The molecule has 0 spiro atoms. The Morgan fingerprint density at radius 1 is 1.10 bits per heavy atom. The van der Waals surface area contributed by atoms with E-state index in [2.05, 4.69) is 0 Å². The molecule has 0 aliphatic rings. The fourth-order valence-electron chi connectivity index (χ4n) is 2.31. The molecule has 2 aromatic carbocycles. The first kappa shape index (κ1) is 14.8. The van der Waals surface area contributed by atoms with Crippen LogP contribution in [0.1, 0.15) is 11.1 Å². The van der Waals surface area contributed by atoms with Gasteiger partial charge in [0.25, 0.3) is 0 Å². The molecule has 2 nitrogen and oxygen atoms in total. The van der Waals surface area contributed by atoms with Crippen molar-refractivity contribution in [2.75, 3.05) is 18.5 Å². The molecule has 0 amide bonds. The molecule has 0 fully saturated rings. The number of nitrogens with zero attached hydrogens (tertiary/aromatic N) is 1. The van der Waals surface area contributed by atoms with Crippen molar-refractivity contribution in [3.8, 4) is 0 Å². The lowest BCUT2D eigenvalue weighted by Crippen LogP contribution is -2.20. The van der Waals surface area contributed by atoms with E-state index in [4.69, 9.17) is 17.3 Å². The number of hydrogen-bond donors (Lipinski definition) is 1. The Bertz CT molecular complexity index is 586. The molecule has 106 valence electrons. The van der Waals surface area contributed by atoms with E-state index in [-0.39, 0.29) is 5.82 Å². The van der Waals surface area contributed by atoms with Crippen molar-refractivity contribution in [1.29, 1.82) is 0 Å². The van der Waals surface area contributed by atoms with E-state index < -0.39 is 0 Å². The molecule has 0 aliphatic carbocycles. The quantitative estimate of drug-likeness (QED) is 0.912. The van der Waals surface area contributed by atoms with E-state index in [1.165, 1.54) is 6.07 Å². The van der Waals surface area contributed by atoms with Gasteiger partial charge in [-0.2, -0.15) is 0 Å². The second-order valence-electron chi connectivity index (χ2n) is 4.73. The minimum Gasteiger partial charge on any atom is -0.368 e. The van der Waals surface area contributed by atoms with Gasteiger partial charge in [0.2, 0.25) is 0 Å². The SMILES string of the molecule is CN(Cc1ccccc1Cl)c1c(F)cccc1CCN. The average molecular weight is 293 g/mol. The molecule has 2 aromatic rings. The maximum Gasteiger partial charge on any atom is 0.146 e. The Morgan fingerprint density at radius 3 is 2.50 bits per heavy atom. The lowest BCUT2D eigenvalue weighted by Gasteiger charge is -2.23. The Labute approximate surface area is 124 Å². The maximum absolute atomic E-state index is 14.1. The van der Waals surface area contributed by atoms with Gasteiger partial charge in [-0.1, -0.05) is 41.9 Å². The van der Waals surface area contributed by atoms with Crippen molar-refractivity contribution in [3.05, 3.63) is 64.4 Å². The molecule has 0 aliphatic heterocycles. The number of halogens is 2. The van der Waals surface area contributed by atoms with Crippen LogP contribution >= 0.6 is 11.6 Å². The van der Waals surface area contributed by atoms with Gasteiger partial charge in [-0.05, 0) is 36.2 Å². The average Bonchev–Trinajstić information content (AvgIpc) is 2.42. The first-order valence-corrected chi connectivity index (χ1v) is 6.93. The summed E-state index contributed by atoms with van der Waals surface area (Å²) in [6, 6.07) is 12.7. The largest absolute Gasteiger partial charge is 0.368 e. The van der Waals surface area contributed by atoms with Crippen LogP contribution in [0.3, 0.4) is 0 Å². The van der Waals surface area contributed by atoms with Crippen molar-refractivity contribution in [2.24, 2.45) is 5.73 Å². The third-order valence-corrected chi connectivity index (χ3v) is 3.60. The second-order valence-corrected chi connectivity index (χ2v) is 5.14. The Kier molecular flexibility index (Phi) is 4.99. The molecular weight excluding hydrogens is 275 g/mol. The van der Waals surface area contributed by atoms with E-state index in [1.807, 2.05) is 42.3 Å². The number of para-hydroxylation sites is 1. The number of anilines is 1. The first-order valence-electron chi connectivity index (χ1n) is 6.55. The molecule has 20 heavy (non-hydrogen) atoms. The van der Waals surface area contributed by atoms with Crippen LogP contribution in [0, 0.1) is 5.82 Å². The van der Waals surface area contributed by atoms with Gasteiger partial charge >= 0.3 is 0 Å². The highest BCUT2D eigenvalue weighted by molar-refractivity contribution is 6.31. The Balaban J connectivity index is 2.29. The van der Waals surface area contributed by atoms with E-state index in [1.54, 1.807) is 6.07 Å². The van der Waals surface area contributed by atoms with Crippen LogP contribution in [-0.2, 0) is 13.0 Å². The molecule has 4 heteroatoms. The van der Waals surface area contributed by atoms with Crippen molar-refractivity contribution in [2.45, 2.75) is 13.0 Å². The summed E-state index contributed by atoms with van der Waals surface area (Å²) < 4.78 is 14.1. The van der Waals surface area contributed by atoms with Crippen molar-refractivity contribution in [1.82, 2.24) is 0 Å². The lowest BCUT2D eigenvalue weighted by atomic mass is 10.1. The normalized spacial score (nSPS) is 10.6. The van der Waals surface area contributed by atoms with E-state index >= 15 is 0 Å². The van der Waals surface area contributed by atoms with E-state index in [0.717, 1.165) is 11.1 Å². The van der Waals surface area contributed by atoms with Crippen LogP contribution in [0.5, 0.6) is 0 Å². The molecular formula is C16H18ClFN2. The fraction of sp³-hybridized carbons (Fsp3) is 0.250. The van der Waals surface area contributed by atoms with Crippen LogP contribution in [0.4, 0.5) is 10.1 Å². The van der Waals surface area contributed by atoms with E-state index in [9.17, 15) is 4.39 Å². The summed E-state index contributed by atoms with van der Waals surface area (Å²) in [5.41, 5.74) is 8.08. The molecule has 0 aromatic heterocycles. The lowest BCUT2D eigenvalue weighted by molar-refractivity contribution is 0.619. The molecule has 0 unspecified atom stereocenters. The third-order valence-electron chi connectivity index (χ3n) is 3.23. The second kappa shape index (κ2) is 6.73. The maximum atomic E-state index is 14.1. The number of nitrogens with two attached hydrogens (primary N) is 1. The molecule has 0 saturated heterocycles. The highest BCUT2D eigenvalue weighted by Gasteiger charge is 2.13. The summed E-state index contributed by atoms with van der Waals surface area (Å²) in [7, 11) is 1.86. The van der Waals surface area contributed by atoms with Gasteiger partial charge in [0, 0.05) is 18.6 Å². The van der Waals surface area contributed by atoms with Crippen LogP contribution < -0.4 is 10.6 Å². The summed E-state index contributed by atoms with van der Waals surface area (Å²) in [5.74, 6) is -0.231. The molecule has 0 bridgehead atoms. The standard InChI is InChI=1S/C16H18ClFN2/c1-20(11-13-5-2-3-7-14(13)17)16-12(9-10-19)6-4-8-15(16)18/h2-8H,9-11,19H2,1H3. The van der Waals surface area contributed by atoms with E-state index in [0.29, 0.717) is 30.2 Å². The summed E-state index contributed by atoms with van der Waals surface area (Å²) in [5, 5.41) is 0.691. The van der Waals surface area contributed by atoms with Crippen molar-refractivity contribution >= 4 is 17.3 Å². The number of hydrogen-bond acceptors (Lipinski definition) is 2. The molecule has 0 radical (unpaired) electrons. The highest BCUT2D eigenvalue weighted by Crippen LogP contribution is 2.26. The van der Waals surface area contributed by atoms with Gasteiger partial charge in [0.1, 0.15) is 5.82 Å². The van der Waals surface area contributed by atoms with Gasteiger partial charge < -0.3 is 10.6 Å². The molecule has 0 heterocycles. The molecule has 2 rings (SSSR count). The zero-order valence-electron chi connectivity index (χ0n) is 11.4. The highest BCUT2D eigenvalue weighted by atomic mass is 35.5. The monoisotopic (exact) mass is 292 g/mol. The summed E-state index contributed by atoms with van der Waals surface area (Å²) in [6.45, 7) is 1.05. The van der Waals surface area contributed by atoms with Crippen LogP contribution in [-0.4, -0.2) is 13.6 Å². The van der Waals surface area contributed by atoms with Crippen molar-refractivity contribution < 1.29 is 4.39 Å². The first-order chi connectivity index (χ1) is 9.63. The van der Waals surface area contributed by atoms with Gasteiger partial charge in [-0.3, -0.25) is 0 Å². The van der Waals surface area contributed by atoms with Gasteiger partial charge in [-0.15, -0.1) is 0 Å². The predicted molar refractivity (Wildman–Crippen MR) is 82.7 cm³/mol. The molecule has 0 saturated carbocycles. The summed E-state index contributed by atoms with van der Waals surface area (Å²) in [4.78, 5) is 1.88. The minimum atomic E-state index is -0.231. The van der Waals surface area contributed by atoms with Gasteiger partial charge in [-0.25, -0.2) is 4.39 Å². The fourth-order valence-corrected chi connectivity index (χ4v) is 2.50. The smallest absolute Gasteiger partial charge is 0.146 e. The zero-order chi connectivity index (χ0) is 14.5. The number of benzene rings is 2. The summed E-state index contributed by atoms with van der Waals surface area (Å²) in [6.07, 6.45) is 0.653. The number of rotatable bonds is 5. The van der Waals surface area contributed by atoms with Crippen LogP contribution in [0.25, 0.3) is 0 Å². The molecule has 0 atom stereocenters.